The molecule has 19 heavy (non-hydrogen) atoms. The van der Waals surface area contributed by atoms with E-state index < -0.39 is 0 Å². The fourth-order valence-corrected chi connectivity index (χ4v) is 3.06. The average molecular weight is 296 g/mol. The van der Waals surface area contributed by atoms with Crippen molar-refractivity contribution in [2.45, 2.75) is 19.5 Å². The van der Waals surface area contributed by atoms with Gasteiger partial charge in [0, 0.05) is 37.1 Å². The summed E-state index contributed by atoms with van der Waals surface area (Å²) in [4.78, 5) is 7.00. The number of pyridine rings is 1. The Kier molecular flexibility index (Phi) is 3.39. The molecule has 0 bridgehead atoms. The standard InChI is InChI=1S/C14H15Cl2N3/c1-19-5-4-12-10(7-19)9(6-17)8-2-3-11(15)13(16)14(8)18-12/h2-3H,4-7,17H2,1H3. The van der Waals surface area contributed by atoms with Crippen LogP contribution in [0.15, 0.2) is 12.1 Å². The Hall–Kier alpha value is -0.870. The molecule has 0 amide bonds. The molecule has 0 fully saturated rings. The maximum atomic E-state index is 6.28. The van der Waals surface area contributed by atoms with Crippen LogP contribution >= 0.6 is 23.2 Å². The Morgan fingerprint density at radius 3 is 2.89 bits per heavy atom. The van der Waals surface area contributed by atoms with Gasteiger partial charge in [-0.2, -0.15) is 0 Å². The van der Waals surface area contributed by atoms with Gasteiger partial charge in [0.1, 0.15) is 0 Å². The van der Waals surface area contributed by atoms with Crippen LogP contribution in [-0.2, 0) is 19.5 Å². The van der Waals surface area contributed by atoms with Crippen LogP contribution < -0.4 is 5.73 Å². The highest BCUT2D eigenvalue weighted by molar-refractivity contribution is 6.45. The monoisotopic (exact) mass is 295 g/mol. The fourth-order valence-electron chi connectivity index (χ4n) is 2.70. The summed E-state index contributed by atoms with van der Waals surface area (Å²) in [5.41, 5.74) is 10.2. The van der Waals surface area contributed by atoms with Crippen LogP contribution in [0.25, 0.3) is 10.9 Å². The highest BCUT2D eigenvalue weighted by Crippen LogP contribution is 2.34. The summed E-state index contributed by atoms with van der Waals surface area (Å²) in [6.45, 7) is 2.39. The van der Waals surface area contributed by atoms with Crippen molar-refractivity contribution in [1.82, 2.24) is 9.88 Å². The van der Waals surface area contributed by atoms with Crippen molar-refractivity contribution in [3.05, 3.63) is 39.0 Å². The normalized spacial score (nSPS) is 15.8. The van der Waals surface area contributed by atoms with Crippen molar-refractivity contribution in [3.8, 4) is 0 Å². The van der Waals surface area contributed by atoms with Crippen LogP contribution in [0.1, 0.15) is 16.8 Å². The van der Waals surface area contributed by atoms with E-state index >= 15 is 0 Å². The van der Waals surface area contributed by atoms with Gasteiger partial charge in [-0.05, 0) is 24.2 Å². The Balaban J connectivity index is 2.35. The third-order valence-corrected chi connectivity index (χ3v) is 4.51. The lowest BCUT2D eigenvalue weighted by molar-refractivity contribution is 0.309. The van der Waals surface area contributed by atoms with E-state index in [1.807, 2.05) is 12.1 Å². The van der Waals surface area contributed by atoms with Gasteiger partial charge in [-0.15, -0.1) is 0 Å². The first-order valence-electron chi connectivity index (χ1n) is 6.28. The van der Waals surface area contributed by atoms with E-state index in [1.54, 1.807) is 0 Å². The van der Waals surface area contributed by atoms with Gasteiger partial charge >= 0.3 is 0 Å². The number of halogens is 2. The van der Waals surface area contributed by atoms with Crippen LogP contribution in [0.4, 0.5) is 0 Å². The van der Waals surface area contributed by atoms with Crippen molar-refractivity contribution in [2.24, 2.45) is 5.73 Å². The van der Waals surface area contributed by atoms with Crippen molar-refractivity contribution < 1.29 is 0 Å². The number of hydrogen-bond acceptors (Lipinski definition) is 3. The molecule has 0 atom stereocenters. The first kappa shape index (κ1) is 13.1. The van der Waals surface area contributed by atoms with E-state index in [2.05, 4.69) is 11.9 Å². The van der Waals surface area contributed by atoms with E-state index in [-0.39, 0.29) is 0 Å². The third-order valence-electron chi connectivity index (χ3n) is 3.72. The molecule has 5 heteroatoms. The smallest absolute Gasteiger partial charge is 0.0910 e. The van der Waals surface area contributed by atoms with Crippen molar-refractivity contribution in [3.63, 3.8) is 0 Å². The second-order valence-electron chi connectivity index (χ2n) is 4.97. The van der Waals surface area contributed by atoms with Gasteiger partial charge in [0.15, 0.2) is 0 Å². The molecular weight excluding hydrogens is 281 g/mol. The predicted octanol–water partition coefficient (Wildman–Crippen LogP) is 2.99. The quantitative estimate of drug-likeness (QED) is 0.879. The minimum atomic E-state index is 0.493. The minimum absolute atomic E-state index is 0.493. The molecule has 0 saturated heterocycles. The molecule has 3 nitrogen and oxygen atoms in total. The van der Waals surface area contributed by atoms with Gasteiger partial charge < -0.3 is 10.6 Å². The number of likely N-dealkylation sites (N-methyl/N-ethyl adjacent to an activating group) is 1. The van der Waals surface area contributed by atoms with E-state index in [0.29, 0.717) is 16.6 Å². The van der Waals surface area contributed by atoms with E-state index in [0.717, 1.165) is 41.7 Å². The summed E-state index contributed by atoms with van der Waals surface area (Å²) < 4.78 is 0. The molecule has 0 radical (unpaired) electrons. The minimum Gasteiger partial charge on any atom is -0.326 e. The molecule has 100 valence electrons. The van der Waals surface area contributed by atoms with E-state index in [1.165, 1.54) is 5.56 Å². The Morgan fingerprint density at radius 2 is 2.16 bits per heavy atom. The van der Waals surface area contributed by atoms with Crippen LogP contribution in [0.5, 0.6) is 0 Å². The van der Waals surface area contributed by atoms with E-state index in [4.69, 9.17) is 33.9 Å². The van der Waals surface area contributed by atoms with Crippen LogP contribution in [-0.4, -0.2) is 23.5 Å². The van der Waals surface area contributed by atoms with Crippen molar-refractivity contribution in [1.29, 1.82) is 0 Å². The SMILES string of the molecule is CN1CCc2nc3c(Cl)c(Cl)ccc3c(CN)c2C1. The zero-order chi connectivity index (χ0) is 13.6. The molecule has 2 aromatic rings. The molecule has 0 aliphatic carbocycles. The molecule has 2 heterocycles. The Labute approximate surface area is 122 Å². The Bertz CT molecular complexity index is 655. The predicted molar refractivity (Wildman–Crippen MR) is 79.7 cm³/mol. The largest absolute Gasteiger partial charge is 0.326 e. The van der Waals surface area contributed by atoms with Crippen LogP contribution in [0.2, 0.25) is 10.0 Å². The second-order valence-corrected chi connectivity index (χ2v) is 5.75. The second kappa shape index (κ2) is 4.91. The van der Waals surface area contributed by atoms with Crippen LogP contribution in [0.3, 0.4) is 0 Å². The maximum absolute atomic E-state index is 6.28. The van der Waals surface area contributed by atoms with Gasteiger partial charge in [0.05, 0.1) is 15.6 Å². The summed E-state index contributed by atoms with van der Waals surface area (Å²) >= 11 is 12.4. The van der Waals surface area contributed by atoms with Crippen molar-refractivity contribution in [2.75, 3.05) is 13.6 Å². The molecule has 1 aromatic carbocycles. The zero-order valence-corrected chi connectivity index (χ0v) is 12.2. The van der Waals surface area contributed by atoms with Gasteiger partial charge in [-0.1, -0.05) is 29.3 Å². The molecule has 1 aliphatic rings. The first-order chi connectivity index (χ1) is 9.11. The number of benzene rings is 1. The average Bonchev–Trinajstić information content (AvgIpc) is 2.41. The summed E-state index contributed by atoms with van der Waals surface area (Å²) in [5.74, 6) is 0. The number of nitrogens with zero attached hydrogens (tertiary/aromatic N) is 2. The molecular formula is C14H15Cl2N3. The highest BCUT2D eigenvalue weighted by atomic mass is 35.5. The number of aromatic nitrogens is 1. The summed E-state index contributed by atoms with van der Waals surface area (Å²) in [6.07, 6.45) is 0.928. The van der Waals surface area contributed by atoms with E-state index in [9.17, 15) is 0 Å². The molecule has 0 spiro atoms. The van der Waals surface area contributed by atoms with Crippen molar-refractivity contribution >= 4 is 34.1 Å². The molecule has 1 aromatic heterocycles. The molecule has 0 unspecified atom stereocenters. The van der Waals surface area contributed by atoms with Gasteiger partial charge in [-0.25, -0.2) is 0 Å². The summed E-state index contributed by atoms with van der Waals surface area (Å²) in [6, 6.07) is 3.78. The topological polar surface area (TPSA) is 42.2 Å². The maximum Gasteiger partial charge on any atom is 0.0910 e. The fraction of sp³-hybridized carbons (Fsp3) is 0.357. The first-order valence-corrected chi connectivity index (χ1v) is 7.04. The zero-order valence-electron chi connectivity index (χ0n) is 10.7. The highest BCUT2D eigenvalue weighted by Gasteiger charge is 2.21. The molecule has 1 aliphatic heterocycles. The van der Waals surface area contributed by atoms with Gasteiger partial charge in [0.2, 0.25) is 0 Å². The van der Waals surface area contributed by atoms with Crippen LogP contribution in [0, 0.1) is 0 Å². The lowest BCUT2D eigenvalue weighted by Gasteiger charge is -2.27. The van der Waals surface area contributed by atoms with Gasteiger partial charge in [-0.3, -0.25) is 4.98 Å². The molecule has 0 saturated carbocycles. The molecule has 3 rings (SSSR count). The number of fused-ring (bicyclic) bond motifs is 2. The third kappa shape index (κ3) is 2.11. The number of nitrogens with two attached hydrogens (primary N) is 1. The number of rotatable bonds is 1. The lowest BCUT2D eigenvalue weighted by Crippen LogP contribution is -2.29. The summed E-state index contributed by atoms with van der Waals surface area (Å²) in [5, 5.41) is 2.08. The van der Waals surface area contributed by atoms with Gasteiger partial charge in [0.25, 0.3) is 0 Å². The Morgan fingerprint density at radius 1 is 1.37 bits per heavy atom. The summed E-state index contributed by atoms with van der Waals surface area (Å²) in [7, 11) is 2.11. The lowest BCUT2D eigenvalue weighted by atomic mass is 9.96. The number of hydrogen-bond donors (Lipinski definition) is 1. The molecule has 2 N–H and O–H groups in total.